The third-order valence-electron chi connectivity index (χ3n) is 4.28. The molecule has 114 valence electrons. The van der Waals surface area contributed by atoms with E-state index in [9.17, 15) is 4.79 Å². The molecule has 0 radical (unpaired) electrons. The second-order valence-electron chi connectivity index (χ2n) is 6.30. The maximum absolute atomic E-state index is 12.4. The predicted molar refractivity (Wildman–Crippen MR) is 79.9 cm³/mol. The number of hydrogen-bond donors (Lipinski definition) is 1. The van der Waals surface area contributed by atoms with E-state index in [0.29, 0.717) is 23.2 Å². The molecule has 1 amide bonds. The Morgan fingerprint density at radius 1 is 1.23 bits per heavy atom. The summed E-state index contributed by atoms with van der Waals surface area (Å²) in [6, 6.07) is 9.14. The molecule has 22 heavy (non-hydrogen) atoms. The Hall–Kier alpha value is -2.24. The fourth-order valence-corrected chi connectivity index (χ4v) is 2.63. The molecular formula is C16H19N5O. The van der Waals surface area contributed by atoms with Crippen LogP contribution in [0.2, 0.25) is 0 Å². The lowest BCUT2D eigenvalue weighted by Crippen LogP contribution is -2.30. The minimum Gasteiger partial charge on any atom is -0.342 e. The molecule has 1 atom stereocenters. The number of tetrazole rings is 1. The molecule has 1 heterocycles. The fourth-order valence-electron chi connectivity index (χ4n) is 2.63. The van der Waals surface area contributed by atoms with E-state index in [2.05, 4.69) is 20.7 Å². The van der Waals surface area contributed by atoms with Gasteiger partial charge < -0.3 is 5.32 Å². The lowest BCUT2D eigenvalue weighted by Gasteiger charge is -2.14. The van der Waals surface area contributed by atoms with Crippen LogP contribution in [0.25, 0.3) is 0 Å². The molecule has 2 aliphatic rings. The monoisotopic (exact) mass is 297 g/mol. The van der Waals surface area contributed by atoms with E-state index in [1.165, 1.54) is 12.8 Å². The van der Waals surface area contributed by atoms with Crippen molar-refractivity contribution in [3.63, 3.8) is 0 Å². The summed E-state index contributed by atoms with van der Waals surface area (Å²) in [5, 5.41) is 15.9. The Bertz CT molecular complexity index is 660. The highest BCUT2D eigenvalue weighted by molar-refractivity contribution is 5.94. The zero-order valence-corrected chi connectivity index (χ0v) is 12.4. The maximum atomic E-state index is 12.4. The first-order valence-corrected chi connectivity index (χ1v) is 7.93. The van der Waals surface area contributed by atoms with Crippen LogP contribution in [0.4, 0.5) is 0 Å². The van der Waals surface area contributed by atoms with Gasteiger partial charge in [0.15, 0.2) is 5.82 Å². The molecule has 2 aliphatic carbocycles. The van der Waals surface area contributed by atoms with Gasteiger partial charge in [0, 0.05) is 5.56 Å². The summed E-state index contributed by atoms with van der Waals surface area (Å²) in [6.07, 6.45) is 4.73. The van der Waals surface area contributed by atoms with Gasteiger partial charge in [-0.3, -0.25) is 4.79 Å². The average molecular weight is 297 g/mol. The summed E-state index contributed by atoms with van der Waals surface area (Å²) in [6.45, 7) is 0.844. The Morgan fingerprint density at radius 2 is 2.00 bits per heavy atom. The smallest absolute Gasteiger partial charge is 0.251 e. The van der Waals surface area contributed by atoms with Crippen molar-refractivity contribution in [2.24, 2.45) is 11.8 Å². The summed E-state index contributed by atoms with van der Waals surface area (Å²) in [5.41, 5.74) is 0.665. The summed E-state index contributed by atoms with van der Waals surface area (Å²) >= 11 is 0. The first-order valence-electron chi connectivity index (χ1n) is 7.93. The van der Waals surface area contributed by atoms with E-state index in [1.54, 1.807) is 4.80 Å². The fraction of sp³-hybridized carbons (Fsp3) is 0.500. The average Bonchev–Trinajstić information content (AvgIpc) is 3.45. The molecule has 0 unspecified atom stereocenters. The molecule has 4 rings (SSSR count). The molecule has 2 aromatic rings. The number of hydrogen-bond acceptors (Lipinski definition) is 4. The van der Waals surface area contributed by atoms with Gasteiger partial charge in [0.25, 0.3) is 5.91 Å². The number of amides is 1. The van der Waals surface area contributed by atoms with E-state index < -0.39 is 0 Å². The second-order valence-corrected chi connectivity index (χ2v) is 6.30. The Balaban J connectivity index is 1.48. The van der Waals surface area contributed by atoms with Crippen LogP contribution in [0.5, 0.6) is 0 Å². The topological polar surface area (TPSA) is 72.7 Å². The highest BCUT2D eigenvalue weighted by atomic mass is 16.1. The highest BCUT2D eigenvalue weighted by Crippen LogP contribution is 2.40. The molecule has 1 aromatic heterocycles. The molecule has 6 heteroatoms. The zero-order valence-electron chi connectivity index (χ0n) is 12.4. The van der Waals surface area contributed by atoms with Gasteiger partial charge in [0.2, 0.25) is 0 Å². The normalized spacial score (nSPS) is 18.9. The number of benzene rings is 1. The number of nitrogens with zero attached hydrogens (tertiary/aromatic N) is 4. The van der Waals surface area contributed by atoms with Gasteiger partial charge >= 0.3 is 0 Å². The van der Waals surface area contributed by atoms with Gasteiger partial charge in [-0.25, -0.2) is 0 Å². The van der Waals surface area contributed by atoms with Crippen molar-refractivity contribution in [2.45, 2.75) is 38.3 Å². The zero-order chi connectivity index (χ0) is 14.9. The van der Waals surface area contributed by atoms with Crippen LogP contribution in [0.15, 0.2) is 30.3 Å². The maximum Gasteiger partial charge on any atom is 0.251 e. The third kappa shape index (κ3) is 3.00. The lowest BCUT2D eigenvalue weighted by molar-refractivity contribution is 0.0929. The van der Waals surface area contributed by atoms with Crippen LogP contribution in [-0.4, -0.2) is 26.1 Å². The highest BCUT2D eigenvalue weighted by Gasteiger charge is 2.36. The van der Waals surface area contributed by atoms with E-state index >= 15 is 0 Å². The van der Waals surface area contributed by atoms with E-state index in [-0.39, 0.29) is 11.9 Å². The molecule has 2 fully saturated rings. The standard InChI is InChI=1S/C16H19N5O/c22-16(13-4-2-1-3-5-13)17-14(12-8-9-12)15-18-20-21(19-15)10-11-6-7-11/h1-5,11-12,14H,6-10H2,(H,17,22)/t14-/m1/s1. The molecule has 0 saturated heterocycles. The van der Waals surface area contributed by atoms with Gasteiger partial charge in [0.1, 0.15) is 0 Å². The van der Waals surface area contributed by atoms with Crippen LogP contribution in [-0.2, 0) is 6.54 Å². The van der Waals surface area contributed by atoms with Crippen LogP contribution >= 0.6 is 0 Å². The van der Waals surface area contributed by atoms with Gasteiger partial charge in [-0.1, -0.05) is 18.2 Å². The number of carbonyl (C=O) groups excluding carboxylic acids is 1. The number of aromatic nitrogens is 4. The second kappa shape index (κ2) is 5.51. The molecular weight excluding hydrogens is 278 g/mol. The third-order valence-corrected chi connectivity index (χ3v) is 4.28. The van der Waals surface area contributed by atoms with E-state index in [0.717, 1.165) is 19.4 Å². The van der Waals surface area contributed by atoms with Crippen molar-refractivity contribution in [1.29, 1.82) is 0 Å². The molecule has 1 N–H and O–H groups in total. The Labute approximate surface area is 128 Å². The van der Waals surface area contributed by atoms with Gasteiger partial charge in [-0.05, 0) is 54.9 Å². The van der Waals surface area contributed by atoms with Gasteiger partial charge in [0.05, 0.1) is 12.6 Å². The van der Waals surface area contributed by atoms with Gasteiger partial charge in [-0.15, -0.1) is 10.2 Å². The minimum atomic E-state index is -0.124. The number of rotatable bonds is 6. The Kier molecular flexibility index (Phi) is 3.36. The molecule has 6 nitrogen and oxygen atoms in total. The largest absolute Gasteiger partial charge is 0.342 e. The first kappa shape index (κ1) is 13.4. The number of nitrogens with one attached hydrogen (secondary N) is 1. The SMILES string of the molecule is O=C(N[C@@H](c1nnn(CC2CC2)n1)C1CC1)c1ccccc1. The van der Waals surface area contributed by atoms with Crippen molar-refractivity contribution < 1.29 is 4.79 Å². The summed E-state index contributed by atoms with van der Waals surface area (Å²) in [4.78, 5) is 14.0. The number of carbonyl (C=O) groups is 1. The molecule has 0 spiro atoms. The van der Waals surface area contributed by atoms with Crippen molar-refractivity contribution in [3.05, 3.63) is 41.7 Å². The molecule has 1 aromatic carbocycles. The van der Waals surface area contributed by atoms with E-state index in [4.69, 9.17) is 0 Å². The van der Waals surface area contributed by atoms with Crippen molar-refractivity contribution in [3.8, 4) is 0 Å². The Morgan fingerprint density at radius 3 is 2.68 bits per heavy atom. The summed E-state index contributed by atoms with van der Waals surface area (Å²) < 4.78 is 0. The van der Waals surface area contributed by atoms with Gasteiger partial charge in [-0.2, -0.15) is 4.80 Å². The predicted octanol–water partition coefficient (Wildman–Crippen LogP) is 1.96. The van der Waals surface area contributed by atoms with E-state index in [1.807, 2.05) is 30.3 Å². The van der Waals surface area contributed by atoms with Crippen LogP contribution in [0.3, 0.4) is 0 Å². The molecule has 2 saturated carbocycles. The first-order chi connectivity index (χ1) is 10.8. The summed E-state index contributed by atoms with van der Waals surface area (Å²) in [7, 11) is 0. The minimum absolute atomic E-state index is 0.0731. The van der Waals surface area contributed by atoms with Crippen LogP contribution in [0, 0.1) is 11.8 Å². The van der Waals surface area contributed by atoms with Crippen LogP contribution < -0.4 is 5.32 Å². The lowest BCUT2D eigenvalue weighted by atomic mass is 10.1. The summed E-state index contributed by atoms with van der Waals surface area (Å²) in [5.74, 6) is 1.72. The van der Waals surface area contributed by atoms with Crippen molar-refractivity contribution in [1.82, 2.24) is 25.5 Å². The van der Waals surface area contributed by atoms with Crippen molar-refractivity contribution in [2.75, 3.05) is 0 Å². The molecule has 0 bridgehead atoms. The quantitative estimate of drug-likeness (QED) is 0.884. The van der Waals surface area contributed by atoms with Crippen molar-refractivity contribution >= 4 is 5.91 Å². The van der Waals surface area contributed by atoms with Crippen LogP contribution in [0.1, 0.15) is 47.9 Å². The molecule has 0 aliphatic heterocycles.